The highest BCUT2D eigenvalue weighted by atomic mass is 32.2. The molecule has 156 valence electrons. The number of sulfonamides is 1. The summed E-state index contributed by atoms with van der Waals surface area (Å²) >= 11 is 1.02. The molecule has 3 heterocycles. The molecular formula is C20H18FN3O4S2. The van der Waals surface area contributed by atoms with E-state index in [0.717, 1.165) is 23.0 Å². The number of nitrogens with one attached hydrogen (secondary N) is 3. The maximum atomic E-state index is 14.4. The Balaban J connectivity index is 1.65. The van der Waals surface area contributed by atoms with Gasteiger partial charge in [-0.25, -0.2) is 12.8 Å². The van der Waals surface area contributed by atoms with E-state index in [1.54, 1.807) is 12.3 Å². The number of aromatic nitrogens is 1. The summed E-state index contributed by atoms with van der Waals surface area (Å²) in [5.41, 5.74) is -0.540. The van der Waals surface area contributed by atoms with Crippen molar-refractivity contribution in [3.8, 4) is 0 Å². The lowest BCUT2D eigenvalue weighted by atomic mass is 9.82. The molecule has 1 aliphatic heterocycles. The fourth-order valence-electron chi connectivity index (χ4n) is 3.23. The van der Waals surface area contributed by atoms with Gasteiger partial charge in [0.05, 0.1) is 5.69 Å². The van der Waals surface area contributed by atoms with Crippen molar-refractivity contribution in [2.45, 2.75) is 24.5 Å². The van der Waals surface area contributed by atoms with Crippen LogP contribution in [-0.4, -0.2) is 19.3 Å². The Hall–Kier alpha value is -2.98. The highest BCUT2D eigenvalue weighted by Gasteiger charge is 2.32. The van der Waals surface area contributed by atoms with E-state index >= 15 is 0 Å². The van der Waals surface area contributed by atoms with Gasteiger partial charge in [-0.1, -0.05) is 13.8 Å². The number of hydrogen-bond donors (Lipinski definition) is 3. The van der Waals surface area contributed by atoms with Gasteiger partial charge in [0, 0.05) is 28.1 Å². The van der Waals surface area contributed by atoms with Gasteiger partial charge in [0.2, 0.25) is 5.91 Å². The van der Waals surface area contributed by atoms with Gasteiger partial charge in [0.1, 0.15) is 10.0 Å². The first-order valence-electron chi connectivity index (χ1n) is 9.01. The van der Waals surface area contributed by atoms with E-state index < -0.39 is 26.8 Å². The van der Waals surface area contributed by atoms with Crippen LogP contribution in [-0.2, 0) is 14.8 Å². The van der Waals surface area contributed by atoms with Gasteiger partial charge in [-0.15, -0.1) is 11.3 Å². The highest BCUT2D eigenvalue weighted by molar-refractivity contribution is 7.94. The monoisotopic (exact) mass is 447 g/mol. The molecule has 0 spiro atoms. The van der Waals surface area contributed by atoms with Crippen molar-refractivity contribution >= 4 is 49.3 Å². The van der Waals surface area contributed by atoms with Crippen molar-refractivity contribution in [1.82, 2.24) is 10.3 Å². The number of thiophene rings is 1. The van der Waals surface area contributed by atoms with Crippen LogP contribution in [0.1, 0.15) is 25.1 Å². The fraction of sp³-hybridized carbons (Fsp3) is 0.200. The Morgan fingerprint density at radius 1 is 1.17 bits per heavy atom. The molecule has 0 saturated heterocycles. The van der Waals surface area contributed by atoms with E-state index in [1.807, 2.05) is 13.8 Å². The molecule has 3 aromatic rings. The maximum absolute atomic E-state index is 14.4. The van der Waals surface area contributed by atoms with Crippen LogP contribution in [0.25, 0.3) is 16.3 Å². The molecule has 1 aromatic carbocycles. The van der Waals surface area contributed by atoms with Crippen molar-refractivity contribution in [3.05, 3.63) is 63.8 Å². The average Bonchev–Trinajstić information content (AvgIpc) is 3.16. The molecule has 1 amide bonds. The third-order valence-electron chi connectivity index (χ3n) is 4.89. The molecular weight excluding hydrogens is 429 g/mol. The van der Waals surface area contributed by atoms with Crippen LogP contribution in [0, 0.1) is 11.2 Å². The Labute approximate surface area is 175 Å². The van der Waals surface area contributed by atoms with E-state index in [2.05, 4.69) is 15.0 Å². The molecule has 2 aromatic heterocycles. The van der Waals surface area contributed by atoms with Crippen LogP contribution in [0.4, 0.5) is 10.1 Å². The third kappa shape index (κ3) is 3.63. The Kier molecular flexibility index (Phi) is 4.78. The van der Waals surface area contributed by atoms with Crippen molar-refractivity contribution < 1.29 is 17.6 Å². The molecule has 0 aliphatic carbocycles. The molecule has 0 atom stereocenters. The zero-order chi connectivity index (χ0) is 21.7. The number of H-pyrrole nitrogens is 1. The summed E-state index contributed by atoms with van der Waals surface area (Å²) in [6.07, 6.45) is 3.44. The van der Waals surface area contributed by atoms with E-state index in [-0.39, 0.29) is 21.2 Å². The number of benzene rings is 1. The Morgan fingerprint density at radius 3 is 2.67 bits per heavy atom. The number of anilines is 1. The number of pyridine rings is 1. The molecule has 0 unspecified atom stereocenters. The zero-order valence-corrected chi connectivity index (χ0v) is 17.7. The van der Waals surface area contributed by atoms with E-state index in [4.69, 9.17) is 0 Å². The first kappa shape index (κ1) is 20.3. The smallest absolute Gasteiger partial charge is 0.271 e. The lowest BCUT2D eigenvalue weighted by Gasteiger charge is -2.28. The molecule has 1 aliphatic rings. The minimum absolute atomic E-state index is 0.00502. The molecule has 3 N–H and O–H groups in total. The lowest BCUT2D eigenvalue weighted by Crippen LogP contribution is -2.37. The van der Waals surface area contributed by atoms with Gasteiger partial charge in [-0.05, 0) is 47.7 Å². The number of amides is 1. The molecule has 0 saturated carbocycles. The molecule has 0 fully saturated rings. The fourth-order valence-corrected chi connectivity index (χ4v) is 5.61. The number of carbonyl (C=O) groups excluding carboxylic acids is 1. The number of fused-ring (bicyclic) bond motifs is 1. The quantitative estimate of drug-likeness (QED) is 0.569. The highest BCUT2D eigenvalue weighted by Crippen LogP contribution is 2.38. The number of rotatable bonds is 4. The molecule has 7 nitrogen and oxygen atoms in total. The third-order valence-corrected chi connectivity index (χ3v) is 7.91. The topological polar surface area (TPSA) is 108 Å². The van der Waals surface area contributed by atoms with Gasteiger partial charge in [-0.2, -0.15) is 0 Å². The second-order valence-corrected chi connectivity index (χ2v) is 10.6. The second-order valence-electron chi connectivity index (χ2n) is 7.65. The van der Waals surface area contributed by atoms with Crippen molar-refractivity contribution in [1.29, 1.82) is 0 Å². The summed E-state index contributed by atoms with van der Waals surface area (Å²) < 4.78 is 42.3. The Morgan fingerprint density at radius 2 is 1.93 bits per heavy atom. The minimum Gasteiger partial charge on any atom is -0.332 e. The molecule has 30 heavy (non-hydrogen) atoms. The largest absolute Gasteiger partial charge is 0.332 e. The molecule has 0 bridgehead atoms. The van der Waals surface area contributed by atoms with Crippen LogP contribution in [0.3, 0.4) is 0 Å². The lowest BCUT2D eigenvalue weighted by molar-refractivity contribution is -0.128. The number of allylic oxidation sites excluding steroid dienone is 1. The number of carbonyl (C=O) groups is 1. The zero-order valence-electron chi connectivity index (χ0n) is 16.1. The number of aromatic amines is 1. The second kappa shape index (κ2) is 7.06. The van der Waals surface area contributed by atoms with E-state index in [0.29, 0.717) is 16.7 Å². The molecule has 4 rings (SSSR count). The summed E-state index contributed by atoms with van der Waals surface area (Å²) in [4.78, 5) is 27.0. The van der Waals surface area contributed by atoms with E-state index in [9.17, 15) is 22.4 Å². The van der Waals surface area contributed by atoms with E-state index in [1.165, 1.54) is 24.4 Å². The van der Waals surface area contributed by atoms with Crippen LogP contribution >= 0.6 is 11.3 Å². The summed E-state index contributed by atoms with van der Waals surface area (Å²) in [6.45, 7) is 3.62. The standard InChI is InChI=1S/C20H18FN3O4S2/c1-20(2)9-12(10-23-19(20)26)16-3-4-17(29-16)30(27,28)24-15-8-13-11(7-14(15)21)5-6-22-18(13)25/h3-8,10,24H,9H2,1-2H3,(H,22,25)(H,23,26). The maximum Gasteiger partial charge on any atom is 0.271 e. The van der Waals surface area contributed by atoms with Crippen molar-refractivity contribution in [3.63, 3.8) is 0 Å². The summed E-state index contributed by atoms with van der Waals surface area (Å²) in [5.74, 6) is -0.882. The van der Waals surface area contributed by atoms with Gasteiger partial charge in [0.15, 0.2) is 0 Å². The molecule has 0 radical (unpaired) electrons. The van der Waals surface area contributed by atoms with Crippen molar-refractivity contribution in [2.75, 3.05) is 4.72 Å². The van der Waals surface area contributed by atoms with Crippen LogP contribution < -0.4 is 15.6 Å². The summed E-state index contributed by atoms with van der Waals surface area (Å²) in [6, 6.07) is 6.90. The van der Waals surface area contributed by atoms with Crippen LogP contribution in [0.2, 0.25) is 0 Å². The summed E-state index contributed by atoms with van der Waals surface area (Å²) in [5, 5.41) is 3.24. The van der Waals surface area contributed by atoms with Gasteiger partial charge in [0.25, 0.3) is 15.6 Å². The first-order chi connectivity index (χ1) is 14.1. The molecule has 10 heteroatoms. The van der Waals surface area contributed by atoms with Gasteiger partial charge in [-0.3, -0.25) is 14.3 Å². The number of hydrogen-bond acceptors (Lipinski definition) is 5. The van der Waals surface area contributed by atoms with Crippen LogP contribution in [0.15, 0.2) is 51.7 Å². The first-order valence-corrected chi connectivity index (χ1v) is 11.3. The predicted molar refractivity (Wildman–Crippen MR) is 114 cm³/mol. The van der Waals surface area contributed by atoms with Crippen molar-refractivity contribution in [2.24, 2.45) is 5.41 Å². The van der Waals surface area contributed by atoms with Gasteiger partial charge < -0.3 is 10.3 Å². The summed E-state index contributed by atoms with van der Waals surface area (Å²) in [7, 11) is -4.07. The number of halogens is 1. The Bertz CT molecular complexity index is 1370. The predicted octanol–water partition coefficient (Wildman–Crippen LogP) is 3.42. The van der Waals surface area contributed by atoms with Gasteiger partial charge >= 0.3 is 0 Å². The minimum atomic E-state index is -4.07. The van der Waals surface area contributed by atoms with Crippen LogP contribution in [0.5, 0.6) is 0 Å². The normalized spacial score (nSPS) is 16.2. The average molecular weight is 448 g/mol. The SMILES string of the molecule is CC1(C)CC(c2ccc(S(=O)(=O)Nc3cc4c(=O)[nH]ccc4cc3F)s2)=CNC1=O.